The normalized spacial score (nSPS) is 11.1. The van der Waals surface area contributed by atoms with E-state index >= 15 is 0 Å². The fourth-order valence-electron chi connectivity index (χ4n) is 3.19. The molecule has 0 unspecified atom stereocenters. The van der Waals surface area contributed by atoms with E-state index in [1.807, 2.05) is 0 Å². The van der Waals surface area contributed by atoms with Gasteiger partial charge in [0, 0.05) is 29.7 Å². The first-order chi connectivity index (χ1) is 13.4. The maximum absolute atomic E-state index is 14.8. The lowest BCUT2D eigenvalue weighted by molar-refractivity contribution is 0.100. The number of methoxy groups -OCH3 is 1. The molecule has 9 heteroatoms. The molecule has 0 saturated heterocycles. The molecule has 0 bridgehead atoms. The fourth-order valence-corrected chi connectivity index (χ4v) is 3.95. The summed E-state index contributed by atoms with van der Waals surface area (Å²) >= 11 is 1.17. The summed E-state index contributed by atoms with van der Waals surface area (Å²) in [6, 6.07) is 5.96. The first-order valence-corrected chi connectivity index (χ1v) is 9.03. The molecule has 0 aliphatic rings. The maximum atomic E-state index is 14.8. The molecule has 0 spiro atoms. The van der Waals surface area contributed by atoms with Gasteiger partial charge in [0.15, 0.2) is 5.82 Å². The fraction of sp³-hybridized carbons (Fsp3) is 0.0526. The van der Waals surface area contributed by atoms with Crippen LogP contribution in [0.3, 0.4) is 0 Å². The minimum absolute atomic E-state index is 0.129. The third-order valence-corrected chi connectivity index (χ3v) is 5.34. The number of rotatable bonds is 4. The minimum atomic E-state index is -0.594. The van der Waals surface area contributed by atoms with E-state index < -0.39 is 11.7 Å². The van der Waals surface area contributed by atoms with Gasteiger partial charge in [-0.3, -0.25) is 9.59 Å². The molecule has 1 amide bonds. The van der Waals surface area contributed by atoms with Crippen LogP contribution in [-0.2, 0) is 0 Å². The van der Waals surface area contributed by atoms with Crippen molar-refractivity contribution < 1.29 is 13.9 Å². The quantitative estimate of drug-likeness (QED) is 0.458. The Morgan fingerprint density at radius 1 is 1.32 bits per heavy atom. The molecular weight excluding hydrogens is 383 g/mol. The number of halogens is 1. The molecule has 28 heavy (non-hydrogen) atoms. The summed E-state index contributed by atoms with van der Waals surface area (Å²) in [7, 11) is 1.41. The van der Waals surface area contributed by atoms with Crippen LogP contribution < -0.4 is 21.8 Å². The standard InChI is InChI=1S/C19H15FN4O3S/c1-27-14-6-10(21)5-12(20)17(14)24-7-11(9-4-15(18(22)25)28-8-9)16-13(24)2-3-23-19(16)26/h2-8H,21H2,1H3,(H2,22,25)(H,23,26). The Labute approximate surface area is 162 Å². The van der Waals surface area contributed by atoms with E-state index in [-0.39, 0.29) is 22.7 Å². The van der Waals surface area contributed by atoms with Crippen LogP contribution >= 0.6 is 11.3 Å². The first kappa shape index (κ1) is 17.8. The summed E-state index contributed by atoms with van der Waals surface area (Å²) < 4.78 is 21.6. The van der Waals surface area contributed by atoms with E-state index in [0.29, 0.717) is 26.9 Å². The van der Waals surface area contributed by atoms with Crippen LogP contribution in [0.25, 0.3) is 27.7 Å². The van der Waals surface area contributed by atoms with Gasteiger partial charge in [-0.1, -0.05) is 0 Å². The Hall–Kier alpha value is -3.59. The lowest BCUT2D eigenvalue weighted by atomic mass is 10.1. The Kier molecular flexibility index (Phi) is 4.16. The van der Waals surface area contributed by atoms with Gasteiger partial charge in [0.1, 0.15) is 11.4 Å². The van der Waals surface area contributed by atoms with Crippen LogP contribution in [0.5, 0.6) is 5.75 Å². The lowest BCUT2D eigenvalue weighted by Gasteiger charge is -2.13. The number of nitrogen functional groups attached to an aromatic ring is 1. The van der Waals surface area contributed by atoms with Gasteiger partial charge in [0.2, 0.25) is 0 Å². The number of hydrogen-bond acceptors (Lipinski definition) is 5. The summed E-state index contributed by atoms with van der Waals surface area (Å²) in [5, 5.41) is 2.08. The number of H-pyrrole nitrogens is 1. The second-order valence-corrected chi connectivity index (χ2v) is 7.01. The number of nitrogens with one attached hydrogen (secondary N) is 1. The number of pyridine rings is 1. The van der Waals surface area contributed by atoms with E-state index in [4.69, 9.17) is 16.2 Å². The van der Waals surface area contributed by atoms with Crippen LogP contribution in [0.4, 0.5) is 10.1 Å². The zero-order valence-corrected chi connectivity index (χ0v) is 15.5. The van der Waals surface area contributed by atoms with Gasteiger partial charge in [-0.2, -0.15) is 0 Å². The summed E-state index contributed by atoms with van der Waals surface area (Å²) in [6.45, 7) is 0. The number of ether oxygens (including phenoxy) is 1. The SMILES string of the molecule is COc1cc(N)cc(F)c1-n1cc(-c2csc(C(N)=O)c2)c2c(=O)[nH]ccc21. The predicted octanol–water partition coefficient (Wildman–Crippen LogP) is 2.88. The van der Waals surface area contributed by atoms with Crippen LogP contribution in [-0.4, -0.2) is 22.6 Å². The highest BCUT2D eigenvalue weighted by Gasteiger charge is 2.21. The second-order valence-electron chi connectivity index (χ2n) is 6.10. The van der Waals surface area contributed by atoms with Gasteiger partial charge in [0.25, 0.3) is 11.5 Å². The van der Waals surface area contributed by atoms with Gasteiger partial charge in [-0.05, 0) is 29.1 Å². The van der Waals surface area contributed by atoms with Crippen molar-refractivity contribution >= 4 is 33.8 Å². The van der Waals surface area contributed by atoms with Crippen LogP contribution in [0.15, 0.2) is 46.8 Å². The van der Waals surface area contributed by atoms with Gasteiger partial charge in [-0.15, -0.1) is 11.3 Å². The van der Waals surface area contributed by atoms with Crippen molar-refractivity contribution in [1.82, 2.24) is 9.55 Å². The van der Waals surface area contributed by atoms with Gasteiger partial charge < -0.3 is 25.8 Å². The van der Waals surface area contributed by atoms with Crippen molar-refractivity contribution in [2.24, 2.45) is 5.73 Å². The Morgan fingerprint density at radius 3 is 2.79 bits per heavy atom. The Morgan fingerprint density at radius 2 is 2.11 bits per heavy atom. The van der Waals surface area contributed by atoms with Crippen molar-refractivity contribution in [3.63, 3.8) is 0 Å². The molecule has 7 nitrogen and oxygen atoms in total. The zero-order valence-electron chi connectivity index (χ0n) is 14.7. The van der Waals surface area contributed by atoms with Gasteiger partial charge in [-0.25, -0.2) is 4.39 Å². The van der Waals surface area contributed by atoms with Crippen molar-refractivity contribution in [2.75, 3.05) is 12.8 Å². The number of aromatic nitrogens is 2. The molecular formula is C19H15FN4O3S. The lowest BCUT2D eigenvalue weighted by Crippen LogP contribution is -2.08. The highest BCUT2D eigenvalue weighted by Crippen LogP contribution is 2.37. The Bertz CT molecular complexity index is 1290. The van der Waals surface area contributed by atoms with E-state index in [1.165, 1.54) is 41.3 Å². The molecule has 3 aromatic heterocycles. The average molecular weight is 398 g/mol. The molecule has 142 valence electrons. The molecule has 0 aliphatic carbocycles. The first-order valence-electron chi connectivity index (χ1n) is 8.15. The van der Waals surface area contributed by atoms with E-state index in [2.05, 4.69) is 4.98 Å². The molecule has 0 fully saturated rings. The topological polar surface area (TPSA) is 116 Å². The molecule has 4 aromatic rings. The largest absolute Gasteiger partial charge is 0.494 e. The number of hydrogen-bond donors (Lipinski definition) is 3. The smallest absolute Gasteiger partial charge is 0.258 e. The number of anilines is 1. The molecule has 5 N–H and O–H groups in total. The predicted molar refractivity (Wildman–Crippen MR) is 107 cm³/mol. The van der Waals surface area contributed by atoms with E-state index in [9.17, 15) is 14.0 Å². The molecule has 4 rings (SSSR count). The van der Waals surface area contributed by atoms with Crippen LogP contribution in [0, 0.1) is 5.82 Å². The monoisotopic (exact) mass is 398 g/mol. The number of aromatic amines is 1. The number of nitrogens with zero attached hydrogens (tertiary/aromatic N) is 1. The molecule has 3 heterocycles. The molecule has 0 aliphatic heterocycles. The average Bonchev–Trinajstić information content (AvgIpc) is 3.27. The van der Waals surface area contributed by atoms with Crippen molar-refractivity contribution in [2.45, 2.75) is 0 Å². The molecule has 0 saturated carbocycles. The van der Waals surface area contributed by atoms with Gasteiger partial charge in [0.05, 0.1) is 22.9 Å². The van der Waals surface area contributed by atoms with E-state index in [0.717, 1.165) is 0 Å². The summed E-state index contributed by atoms with van der Waals surface area (Å²) in [5.74, 6) is -0.923. The molecule has 1 aromatic carbocycles. The number of nitrogens with two attached hydrogens (primary N) is 2. The van der Waals surface area contributed by atoms with E-state index in [1.54, 1.807) is 23.7 Å². The third-order valence-electron chi connectivity index (χ3n) is 4.39. The van der Waals surface area contributed by atoms with Gasteiger partial charge >= 0.3 is 0 Å². The Balaban J connectivity index is 2.06. The van der Waals surface area contributed by atoms with Crippen LogP contribution in [0.1, 0.15) is 9.67 Å². The number of thiophene rings is 1. The summed E-state index contributed by atoms with van der Waals surface area (Å²) in [5.41, 5.74) is 12.7. The minimum Gasteiger partial charge on any atom is -0.494 e. The maximum Gasteiger partial charge on any atom is 0.258 e. The number of primary amides is 1. The third kappa shape index (κ3) is 2.72. The number of carbonyl (C=O) groups is 1. The molecule has 0 radical (unpaired) electrons. The van der Waals surface area contributed by atoms with Crippen molar-refractivity contribution in [3.05, 3.63) is 63.1 Å². The molecule has 0 atom stereocenters. The number of benzene rings is 1. The number of amides is 1. The van der Waals surface area contributed by atoms with Crippen molar-refractivity contribution in [1.29, 1.82) is 0 Å². The number of carbonyl (C=O) groups excluding carboxylic acids is 1. The summed E-state index contributed by atoms with van der Waals surface area (Å²) in [4.78, 5) is 27.0. The highest BCUT2D eigenvalue weighted by molar-refractivity contribution is 7.12. The second kappa shape index (κ2) is 6.54. The van der Waals surface area contributed by atoms with Crippen LogP contribution in [0.2, 0.25) is 0 Å². The number of fused-ring (bicyclic) bond motifs is 1. The highest BCUT2D eigenvalue weighted by atomic mass is 32.1. The van der Waals surface area contributed by atoms with Crippen molar-refractivity contribution in [3.8, 4) is 22.6 Å². The summed E-state index contributed by atoms with van der Waals surface area (Å²) in [6.07, 6.45) is 3.11. The zero-order chi connectivity index (χ0) is 20.0.